The van der Waals surface area contributed by atoms with Crippen molar-refractivity contribution >= 4 is 11.8 Å². The maximum Gasteiger partial charge on any atom is 0.261 e. The van der Waals surface area contributed by atoms with Crippen molar-refractivity contribution in [2.24, 2.45) is 0 Å². The standard InChI is InChI=1S/C32H38N2O4/c1-23-16-24(2)18-29(17-23)38-22-31(35)34(21-26-12-9-15-28(19-26)37-3)30(20-25-10-5-4-6-11-25)32(36)33-27-13-7-8-14-27/h4-6,9-12,15-19,27,30H,7-8,13-14,20-22H2,1-3H3,(H,33,36). The molecule has 38 heavy (non-hydrogen) atoms. The maximum atomic E-state index is 13.8. The molecule has 2 amide bonds. The minimum atomic E-state index is -0.681. The molecule has 200 valence electrons. The Hall–Kier alpha value is -3.80. The molecule has 3 aromatic rings. The van der Waals surface area contributed by atoms with Crippen LogP contribution in [0.15, 0.2) is 72.8 Å². The number of carbonyl (C=O) groups excluding carboxylic acids is 2. The summed E-state index contributed by atoms with van der Waals surface area (Å²) >= 11 is 0. The summed E-state index contributed by atoms with van der Waals surface area (Å²) in [6.07, 6.45) is 4.60. The van der Waals surface area contributed by atoms with Crippen molar-refractivity contribution in [2.75, 3.05) is 13.7 Å². The highest BCUT2D eigenvalue weighted by atomic mass is 16.5. The molecular formula is C32H38N2O4. The number of hydrogen-bond acceptors (Lipinski definition) is 4. The van der Waals surface area contributed by atoms with E-state index in [1.54, 1.807) is 12.0 Å². The largest absolute Gasteiger partial charge is 0.497 e. The van der Waals surface area contributed by atoms with Crippen LogP contribution in [0.25, 0.3) is 0 Å². The molecule has 0 saturated heterocycles. The van der Waals surface area contributed by atoms with Gasteiger partial charge in [-0.1, -0.05) is 61.4 Å². The van der Waals surface area contributed by atoms with Crippen molar-refractivity contribution in [1.82, 2.24) is 10.2 Å². The predicted molar refractivity (Wildman–Crippen MR) is 149 cm³/mol. The monoisotopic (exact) mass is 514 g/mol. The lowest BCUT2D eigenvalue weighted by Gasteiger charge is -2.32. The van der Waals surface area contributed by atoms with Gasteiger partial charge in [-0.15, -0.1) is 0 Å². The van der Waals surface area contributed by atoms with Crippen molar-refractivity contribution < 1.29 is 19.1 Å². The summed E-state index contributed by atoms with van der Waals surface area (Å²) in [5, 5.41) is 3.23. The summed E-state index contributed by atoms with van der Waals surface area (Å²) < 4.78 is 11.4. The number of benzene rings is 3. The van der Waals surface area contributed by atoms with Crippen LogP contribution < -0.4 is 14.8 Å². The number of nitrogens with zero attached hydrogens (tertiary/aromatic N) is 1. The van der Waals surface area contributed by atoms with Crippen molar-refractivity contribution in [3.63, 3.8) is 0 Å². The molecule has 0 bridgehead atoms. The number of amides is 2. The second kappa shape index (κ2) is 13.1. The van der Waals surface area contributed by atoms with E-state index < -0.39 is 6.04 Å². The smallest absolute Gasteiger partial charge is 0.261 e. The maximum absolute atomic E-state index is 13.8. The molecule has 1 unspecified atom stereocenters. The Morgan fingerprint density at radius 2 is 1.58 bits per heavy atom. The van der Waals surface area contributed by atoms with E-state index in [-0.39, 0.29) is 31.0 Å². The first-order valence-corrected chi connectivity index (χ1v) is 13.4. The highest BCUT2D eigenvalue weighted by Crippen LogP contribution is 2.22. The quantitative estimate of drug-likeness (QED) is 0.373. The molecule has 0 spiro atoms. The Balaban J connectivity index is 1.63. The van der Waals surface area contributed by atoms with Gasteiger partial charge in [-0.05, 0) is 73.2 Å². The Kier molecular flexibility index (Phi) is 9.41. The second-order valence-electron chi connectivity index (χ2n) is 10.2. The lowest BCUT2D eigenvalue weighted by atomic mass is 10.0. The number of aryl methyl sites for hydroxylation is 2. The van der Waals surface area contributed by atoms with Gasteiger partial charge in [-0.2, -0.15) is 0 Å². The molecule has 6 heteroatoms. The summed E-state index contributed by atoms with van der Waals surface area (Å²) in [6, 6.07) is 22.8. The van der Waals surface area contributed by atoms with Gasteiger partial charge in [0, 0.05) is 19.0 Å². The first kappa shape index (κ1) is 27.2. The van der Waals surface area contributed by atoms with Crippen LogP contribution in [0.4, 0.5) is 0 Å². The van der Waals surface area contributed by atoms with Crippen LogP contribution in [0.3, 0.4) is 0 Å². The lowest BCUT2D eigenvalue weighted by molar-refractivity contribution is -0.143. The van der Waals surface area contributed by atoms with Gasteiger partial charge in [-0.3, -0.25) is 9.59 Å². The van der Waals surface area contributed by atoms with Crippen LogP contribution in [0, 0.1) is 13.8 Å². The van der Waals surface area contributed by atoms with Crippen molar-refractivity contribution in [1.29, 1.82) is 0 Å². The first-order valence-electron chi connectivity index (χ1n) is 13.4. The molecule has 1 N–H and O–H groups in total. The molecule has 6 nitrogen and oxygen atoms in total. The van der Waals surface area contributed by atoms with Crippen molar-refractivity contribution in [2.45, 2.75) is 64.6 Å². The zero-order chi connectivity index (χ0) is 26.9. The number of hydrogen-bond donors (Lipinski definition) is 1. The zero-order valence-electron chi connectivity index (χ0n) is 22.6. The fourth-order valence-electron chi connectivity index (χ4n) is 5.13. The molecule has 1 atom stereocenters. The van der Waals surface area contributed by atoms with E-state index in [0.717, 1.165) is 47.9 Å². The van der Waals surface area contributed by atoms with E-state index in [2.05, 4.69) is 11.4 Å². The van der Waals surface area contributed by atoms with E-state index in [0.29, 0.717) is 17.9 Å². The van der Waals surface area contributed by atoms with Crippen LogP contribution in [-0.4, -0.2) is 42.5 Å². The summed E-state index contributed by atoms with van der Waals surface area (Å²) in [6.45, 7) is 4.11. The number of methoxy groups -OCH3 is 1. The molecule has 4 rings (SSSR count). The normalized spacial score (nSPS) is 14.1. The Morgan fingerprint density at radius 1 is 0.895 bits per heavy atom. The number of rotatable bonds is 11. The fourth-order valence-corrected chi connectivity index (χ4v) is 5.13. The molecule has 0 aliphatic heterocycles. The third kappa shape index (κ3) is 7.60. The SMILES string of the molecule is COc1cccc(CN(C(=O)COc2cc(C)cc(C)c2)C(Cc2ccccc2)C(=O)NC2CCCC2)c1. The predicted octanol–water partition coefficient (Wildman–Crippen LogP) is 5.39. The number of carbonyl (C=O) groups is 2. The Labute approximate surface area is 226 Å². The molecular weight excluding hydrogens is 476 g/mol. The lowest BCUT2D eigenvalue weighted by Crippen LogP contribution is -2.53. The molecule has 1 aliphatic carbocycles. The highest BCUT2D eigenvalue weighted by molar-refractivity contribution is 5.88. The average molecular weight is 515 g/mol. The molecule has 3 aromatic carbocycles. The van der Waals surface area contributed by atoms with Crippen LogP contribution in [0.5, 0.6) is 11.5 Å². The zero-order valence-corrected chi connectivity index (χ0v) is 22.6. The summed E-state index contributed by atoms with van der Waals surface area (Å²) in [5.74, 6) is 0.987. The topological polar surface area (TPSA) is 67.9 Å². The van der Waals surface area contributed by atoms with Gasteiger partial charge in [0.2, 0.25) is 5.91 Å². The highest BCUT2D eigenvalue weighted by Gasteiger charge is 2.32. The summed E-state index contributed by atoms with van der Waals surface area (Å²) in [7, 11) is 1.62. The fraction of sp³-hybridized carbons (Fsp3) is 0.375. The van der Waals surface area contributed by atoms with Crippen LogP contribution in [0.2, 0.25) is 0 Å². The van der Waals surface area contributed by atoms with Gasteiger partial charge >= 0.3 is 0 Å². The van der Waals surface area contributed by atoms with Gasteiger partial charge in [0.15, 0.2) is 6.61 Å². The van der Waals surface area contributed by atoms with Crippen molar-refractivity contribution in [3.8, 4) is 11.5 Å². The van der Waals surface area contributed by atoms with E-state index in [1.165, 1.54) is 0 Å². The first-order chi connectivity index (χ1) is 18.4. The molecule has 1 aliphatic rings. The van der Waals surface area contributed by atoms with Gasteiger partial charge in [0.25, 0.3) is 5.91 Å². The van der Waals surface area contributed by atoms with E-state index in [4.69, 9.17) is 9.47 Å². The van der Waals surface area contributed by atoms with Crippen LogP contribution in [-0.2, 0) is 22.6 Å². The van der Waals surface area contributed by atoms with Gasteiger partial charge in [-0.25, -0.2) is 0 Å². The number of nitrogens with one attached hydrogen (secondary N) is 1. The Bertz CT molecular complexity index is 1200. The minimum Gasteiger partial charge on any atom is -0.497 e. The Morgan fingerprint density at radius 3 is 2.26 bits per heavy atom. The molecule has 0 heterocycles. The minimum absolute atomic E-state index is 0.122. The summed E-state index contributed by atoms with van der Waals surface area (Å²) in [4.78, 5) is 29.2. The second-order valence-corrected chi connectivity index (χ2v) is 10.2. The van der Waals surface area contributed by atoms with E-state index in [9.17, 15) is 9.59 Å². The third-order valence-electron chi connectivity index (χ3n) is 7.02. The third-order valence-corrected chi connectivity index (χ3v) is 7.02. The molecule has 0 radical (unpaired) electrons. The number of ether oxygens (including phenoxy) is 2. The van der Waals surface area contributed by atoms with Crippen LogP contribution >= 0.6 is 0 Å². The van der Waals surface area contributed by atoms with Crippen molar-refractivity contribution in [3.05, 3.63) is 95.1 Å². The van der Waals surface area contributed by atoms with E-state index in [1.807, 2.05) is 80.6 Å². The van der Waals surface area contributed by atoms with Gasteiger partial charge in [0.1, 0.15) is 17.5 Å². The van der Waals surface area contributed by atoms with E-state index >= 15 is 0 Å². The molecule has 0 aromatic heterocycles. The van der Waals surface area contributed by atoms with Gasteiger partial charge in [0.05, 0.1) is 7.11 Å². The average Bonchev–Trinajstić information content (AvgIpc) is 3.42. The van der Waals surface area contributed by atoms with Crippen LogP contribution in [0.1, 0.15) is 47.9 Å². The summed E-state index contributed by atoms with van der Waals surface area (Å²) in [5.41, 5.74) is 4.02. The molecule has 1 saturated carbocycles. The molecule has 1 fully saturated rings. The van der Waals surface area contributed by atoms with Gasteiger partial charge < -0.3 is 19.7 Å².